The lowest BCUT2D eigenvalue weighted by Gasteiger charge is -2.27. The van der Waals surface area contributed by atoms with Gasteiger partial charge in [0.05, 0.1) is 0 Å². The largest absolute Gasteiger partial charge is 0.298 e. The molecule has 0 spiro atoms. The number of aldehydes is 2. The van der Waals surface area contributed by atoms with E-state index >= 15 is 0 Å². The summed E-state index contributed by atoms with van der Waals surface area (Å²) in [6, 6.07) is 6.57. The van der Waals surface area contributed by atoms with Crippen LogP contribution in [0, 0.1) is 0 Å². The predicted molar refractivity (Wildman–Crippen MR) is 79.2 cm³/mol. The smallest absolute Gasteiger partial charge is 0.150 e. The van der Waals surface area contributed by atoms with E-state index < -0.39 is 0 Å². The summed E-state index contributed by atoms with van der Waals surface area (Å²) in [7, 11) is 3.52. The van der Waals surface area contributed by atoms with Gasteiger partial charge >= 0.3 is 0 Å². The molecule has 7 nitrogen and oxygen atoms in total. The molecule has 0 aliphatic rings. The molecule has 0 unspecified atom stereocenters. The molecule has 1 N–H and O–H groups in total. The van der Waals surface area contributed by atoms with Crippen LogP contribution < -0.4 is 15.6 Å². The van der Waals surface area contributed by atoms with Crippen LogP contribution in [0.3, 0.4) is 0 Å². The highest BCUT2D eigenvalue weighted by molar-refractivity contribution is 5.76. The van der Waals surface area contributed by atoms with Crippen LogP contribution in [-0.4, -0.2) is 36.6 Å². The van der Waals surface area contributed by atoms with E-state index in [9.17, 15) is 9.59 Å². The maximum absolute atomic E-state index is 10.8. The number of pyridine rings is 2. The van der Waals surface area contributed by atoms with E-state index in [1.807, 2.05) is 0 Å². The van der Waals surface area contributed by atoms with Crippen molar-refractivity contribution < 1.29 is 9.59 Å². The van der Waals surface area contributed by atoms with Gasteiger partial charge in [0.2, 0.25) is 0 Å². The van der Waals surface area contributed by atoms with Gasteiger partial charge in [-0.1, -0.05) is 0 Å². The maximum Gasteiger partial charge on any atom is 0.150 e. The number of hydrazine groups is 2. The molecule has 0 saturated heterocycles. The van der Waals surface area contributed by atoms with Crippen LogP contribution in [0.15, 0.2) is 36.7 Å². The number of nitrogens with one attached hydrogen (secondary N) is 1. The Kier molecular flexibility index (Phi) is 4.57. The maximum atomic E-state index is 10.8. The molecule has 2 aromatic rings. The minimum Gasteiger partial charge on any atom is -0.298 e. The van der Waals surface area contributed by atoms with E-state index in [4.69, 9.17) is 0 Å². The Labute approximate surface area is 122 Å². The minimum atomic E-state index is 0.539. The minimum absolute atomic E-state index is 0.539. The fourth-order valence-corrected chi connectivity index (χ4v) is 1.71. The Bertz CT molecular complexity index is 591. The molecule has 0 bridgehead atoms. The van der Waals surface area contributed by atoms with Crippen molar-refractivity contribution in [2.75, 3.05) is 24.1 Å². The molecule has 0 aliphatic carbocycles. The molecule has 0 aliphatic heterocycles. The third-order valence-electron chi connectivity index (χ3n) is 2.80. The normalized spacial score (nSPS) is 10.0. The molecule has 108 valence electrons. The first kappa shape index (κ1) is 14.6. The Morgan fingerprint density at radius 3 is 1.71 bits per heavy atom. The number of anilines is 2. The quantitative estimate of drug-likeness (QED) is 0.628. The molecule has 0 atom stereocenters. The van der Waals surface area contributed by atoms with E-state index in [1.165, 1.54) is 0 Å². The standard InChI is InChI=1S/C14H15N5O2/c1-18(13-7-11(9-20)3-5-15-13)17-19(2)14-8-12(10-21)4-6-16-14/h3-10,17H,1-2H3. The molecule has 0 amide bonds. The van der Waals surface area contributed by atoms with Crippen molar-refractivity contribution in [2.24, 2.45) is 0 Å². The molecular weight excluding hydrogens is 270 g/mol. The second-order valence-electron chi connectivity index (χ2n) is 4.35. The molecule has 2 aromatic heterocycles. The number of hydrogen-bond donors (Lipinski definition) is 1. The van der Waals surface area contributed by atoms with Crippen molar-refractivity contribution in [2.45, 2.75) is 0 Å². The van der Waals surface area contributed by atoms with E-state index in [0.29, 0.717) is 22.8 Å². The van der Waals surface area contributed by atoms with Crippen LogP contribution >= 0.6 is 0 Å². The lowest BCUT2D eigenvalue weighted by molar-refractivity contribution is 0.111. The third-order valence-corrected chi connectivity index (χ3v) is 2.80. The van der Waals surface area contributed by atoms with E-state index in [-0.39, 0.29) is 0 Å². The monoisotopic (exact) mass is 285 g/mol. The molecule has 2 heterocycles. The first-order valence-corrected chi connectivity index (χ1v) is 6.20. The highest BCUT2D eigenvalue weighted by Crippen LogP contribution is 2.11. The highest BCUT2D eigenvalue weighted by Gasteiger charge is 2.08. The van der Waals surface area contributed by atoms with Crippen molar-refractivity contribution >= 4 is 24.2 Å². The molecule has 7 heteroatoms. The summed E-state index contributed by atoms with van der Waals surface area (Å²) in [5.41, 5.74) is 4.10. The summed E-state index contributed by atoms with van der Waals surface area (Å²) in [6.07, 6.45) is 4.64. The number of aromatic nitrogens is 2. The van der Waals surface area contributed by atoms with Crippen LogP contribution in [0.25, 0.3) is 0 Å². The molecule has 21 heavy (non-hydrogen) atoms. The number of carbonyl (C=O) groups excluding carboxylic acids is 2. The van der Waals surface area contributed by atoms with Gasteiger partial charge in [-0.3, -0.25) is 19.6 Å². The van der Waals surface area contributed by atoms with Crippen molar-refractivity contribution in [1.82, 2.24) is 15.5 Å². The first-order valence-electron chi connectivity index (χ1n) is 6.20. The average molecular weight is 285 g/mol. The topological polar surface area (TPSA) is 78.4 Å². The molecule has 0 fully saturated rings. The molecule has 0 saturated carbocycles. The lowest BCUT2D eigenvalue weighted by atomic mass is 10.3. The zero-order valence-corrected chi connectivity index (χ0v) is 11.7. The second-order valence-corrected chi connectivity index (χ2v) is 4.35. The Hall–Kier alpha value is -2.80. The summed E-state index contributed by atoms with van der Waals surface area (Å²) >= 11 is 0. The van der Waals surface area contributed by atoms with Crippen LogP contribution in [0.1, 0.15) is 20.7 Å². The van der Waals surface area contributed by atoms with Gasteiger partial charge in [0.15, 0.2) is 0 Å². The molecule has 0 radical (unpaired) electrons. The van der Waals surface area contributed by atoms with Crippen LogP contribution in [-0.2, 0) is 0 Å². The van der Waals surface area contributed by atoms with Gasteiger partial charge in [0, 0.05) is 37.6 Å². The zero-order valence-electron chi connectivity index (χ0n) is 11.7. The lowest BCUT2D eigenvalue weighted by Crippen LogP contribution is -2.47. The second kappa shape index (κ2) is 6.58. The van der Waals surface area contributed by atoms with Gasteiger partial charge in [-0.2, -0.15) is 0 Å². The predicted octanol–water partition coefficient (Wildman–Crippen LogP) is 1.09. The Morgan fingerprint density at radius 2 is 1.33 bits per heavy atom. The van der Waals surface area contributed by atoms with Gasteiger partial charge in [-0.15, -0.1) is 5.53 Å². The number of nitrogens with zero attached hydrogens (tertiary/aromatic N) is 4. The van der Waals surface area contributed by atoms with Gasteiger partial charge in [0.1, 0.15) is 24.2 Å². The first-order chi connectivity index (χ1) is 10.1. The van der Waals surface area contributed by atoms with E-state index in [1.54, 1.807) is 60.8 Å². The summed E-state index contributed by atoms with van der Waals surface area (Å²) in [4.78, 5) is 29.9. The Morgan fingerprint density at radius 1 is 0.905 bits per heavy atom. The van der Waals surface area contributed by atoms with Crippen molar-refractivity contribution in [3.05, 3.63) is 47.8 Å². The molecule has 0 aromatic carbocycles. The summed E-state index contributed by atoms with van der Waals surface area (Å²) in [5, 5.41) is 3.28. The summed E-state index contributed by atoms with van der Waals surface area (Å²) < 4.78 is 0. The summed E-state index contributed by atoms with van der Waals surface area (Å²) in [5.74, 6) is 1.16. The number of rotatable bonds is 6. The van der Waals surface area contributed by atoms with Crippen LogP contribution in [0.4, 0.5) is 11.6 Å². The Balaban J connectivity index is 2.12. The third kappa shape index (κ3) is 3.61. The van der Waals surface area contributed by atoms with Gasteiger partial charge in [-0.05, 0) is 24.3 Å². The van der Waals surface area contributed by atoms with Crippen LogP contribution in [0.5, 0.6) is 0 Å². The van der Waals surface area contributed by atoms with Crippen molar-refractivity contribution in [3.8, 4) is 0 Å². The highest BCUT2D eigenvalue weighted by atomic mass is 16.1. The van der Waals surface area contributed by atoms with Crippen molar-refractivity contribution in [1.29, 1.82) is 0 Å². The average Bonchev–Trinajstić information content (AvgIpc) is 2.54. The SMILES string of the molecule is CN(NN(C)c1cc(C=O)ccn1)c1cc(C=O)ccn1. The van der Waals surface area contributed by atoms with Crippen molar-refractivity contribution in [3.63, 3.8) is 0 Å². The van der Waals surface area contributed by atoms with E-state index in [2.05, 4.69) is 15.5 Å². The molecule has 2 rings (SSSR count). The fraction of sp³-hybridized carbons (Fsp3) is 0.143. The van der Waals surface area contributed by atoms with Crippen LogP contribution in [0.2, 0.25) is 0 Å². The number of carbonyl (C=O) groups is 2. The molecular formula is C14H15N5O2. The zero-order chi connectivity index (χ0) is 15.2. The fourth-order valence-electron chi connectivity index (χ4n) is 1.71. The number of hydrogen-bond acceptors (Lipinski definition) is 7. The summed E-state index contributed by atoms with van der Waals surface area (Å²) in [6.45, 7) is 0. The van der Waals surface area contributed by atoms with Gasteiger partial charge in [-0.25, -0.2) is 9.97 Å². The van der Waals surface area contributed by atoms with Gasteiger partial charge in [0.25, 0.3) is 0 Å². The van der Waals surface area contributed by atoms with E-state index in [0.717, 1.165) is 12.6 Å². The van der Waals surface area contributed by atoms with Gasteiger partial charge < -0.3 is 0 Å².